The van der Waals surface area contributed by atoms with Crippen molar-refractivity contribution in [3.05, 3.63) is 96.1 Å². The monoisotopic (exact) mass is 368 g/mol. The fourth-order valence-corrected chi connectivity index (χ4v) is 3.98. The zero-order valence-electron chi connectivity index (χ0n) is 16.1. The van der Waals surface area contributed by atoms with Crippen LogP contribution in [0.5, 0.6) is 5.75 Å². The summed E-state index contributed by atoms with van der Waals surface area (Å²) in [6.07, 6.45) is 0. The highest BCUT2D eigenvalue weighted by molar-refractivity contribution is 6.04. The summed E-state index contributed by atoms with van der Waals surface area (Å²) in [5, 5.41) is 11.9. The first-order valence-electron chi connectivity index (χ1n) is 9.38. The molecule has 0 saturated carbocycles. The minimum atomic E-state index is 0.0527. The fraction of sp³-hybridized carbons (Fsp3) is 0.120. The van der Waals surface area contributed by atoms with E-state index in [4.69, 9.17) is 5.73 Å². The van der Waals surface area contributed by atoms with Crippen LogP contribution in [0.15, 0.2) is 84.9 Å². The number of nitrogens with zero attached hydrogens (tertiary/aromatic N) is 1. The molecule has 4 rings (SSSR count). The molecule has 3 heteroatoms. The molecule has 0 aliphatic rings. The second kappa shape index (κ2) is 7.37. The van der Waals surface area contributed by atoms with Gasteiger partial charge in [-0.2, -0.15) is 0 Å². The van der Waals surface area contributed by atoms with Crippen molar-refractivity contribution < 1.29 is 5.11 Å². The van der Waals surface area contributed by atoms with E-state index < -0.39 is 0 Å². The van der Waals surface area contributed by atoms with Crippen LogP contribution in [-0.4, -0.2) is 24.1 Å². The molecule has 0 heterocycles. The highest BCUT2D eigenvalue weighted by atomic mass is 16.3. The molecule has 4 aromatic rings. The van der Waals surface area contributed by atoms with E-state index in [0.717, 1.165) is 33.2 Å². The Morgan fingerprint density at radius 1 is 0.786 bits per heavy atom. The summed E-state index contributed by atoms with van der Waals surface area (Å²) in [6, 6.07) is 28.3. The van der Waals surface area contributed by atoms with Crippen molar-refractivity contribution >= 4 is 16.5 Å². The van der Waals surface area contributed by atoms with Crippen LogP contribution in [0.1, 0.15) is 17.2 Å². The van der Waals surface area contributed by atoms with Crippen LogP contribution in [0.25, 0.3) is 21.9 Å². The Morgan fingerprint density at radius 2 is 1.39 bits per heavy atom. The number of nitrogens with two attached hydrogens (primary N) is 1. The maximum atomic E-state index is 9.78. The van der Waals surface area contributed by atoms with E-state index in [0.29, 0.717) is 0 Å². The van der Waals surface area contributed by atoms with Crippen molar-refractivity contribution in [3.63, 3.8) is 0 Å². The third-order valence-corrected chi connectivity index (χ3v) is 5.19. The topological polar surface area (TPSA) is 49.5 Å². The van der Waals surface area contributed by atoms with E-state index in [1.165, 1.54) is 5.56 Å². The predicted octanol–water partition coefficient (Wildman–Crippen LogP) is 5.45. The molecule has 0 aliphatic carbocycles. The summed E-state index contributed by atoms with van der Waals surface area (Å²) in [5.74, 6) is 0.261. The fourth-order valence-electron chi connectivity index (χ4n) is 3.98. The summed E-state index contributed by atoms with van der Waals surface area (Å²) in [4.78, 5) is 2.21. The lowest BCUT2D eigenvalue weighted by molar-refractivity contribution is 0.343. The van der Waals surface area contributed by atoms with E-state index in [9.17, 15) is 5.11 Å². The van der Waals surface area contributed by atoms with Crippen LogP contribution < -0.4 is 5.73 Å². The molecular formula is C25H24N2O. The smallest absolute Gasteiger partial charge is 0.115 e. The first kappa shape index (κ1) is 18.1. The average molecular weight is 368 g/mol. The Bertz CT molecular complexity index is 1100. The van der Waals surface area contributed by atoms with Crippen LogP contribution in [-0.2, 0) is 0 Å². The maximum absolute atomic E-state index is 9.78. The second-order valence-corrected chi connectivity index (χ2v) is 7.30. The van der Waals surface area contributed by atoms with Crippen LogP contribution in [0, 0.1) is 0 Å². The number of rotatable bonds is 4. The Balaban J connectivity index is 2.07. The van der Waals surface area contributed by atoms with Crippen LogP contribution >= 0.6 is 0 Å². The molecule has 140 valence electrons. The number of fused-ring (bicyclic) bond motifs is 1. The molecule has 0 aromatic heterocycles. The molecule has 0 amide bonds. The highest BCUT2D eigenvalue weighted by Crippen LogP contribution is 2.42. The van der Waals surface area contributed by atoms with Gasteiger partial charge in [-0.15, -0.1) is 0 Å². The molecule has 0 saturated heterocycles. The first-order chi connectivity index (χ1) is 13.6. The van der Waals surface area contributed by atoms with Gasteiger partial charge in [0.1, 0.15) is 5.75 Å². The van der Waals surface area contributed by atoms with Crippen molar-refractivity contribution in [1.82, 2.24) is 4.90 Å². The van der Waals surface area contributed by atoms with Gasteiger partial charge in [-0.1, -0.05) is 66.7 Å². The lowest BCUT2D eigenvalue weighted by atomic mass is 9.86. The van der Waals surface area contributed by atoms with Gasteiger partial charge < -0.3 is 10.8 Å². The van der Waals surface area contributed by atoms with Gasteiger partial charge in [-0.05, 0) is 59.9 Å². The van der Waals surface area contributed by atoms with E-state index in [-0.39, 0.29) is 11.8 Å². The summed E-state index contributed by atoms with van der Waals surface area (Å²) >= 11 is 0. The number of phenolic OH excluding ortho intramolecular Hbond substituents is 1. The predicted molar refractivity (Wildman–Crippen MR) is 117 cm³/mol. The molecule has 3 N–H and O–H groups in total. The molecular weight excluding hydrogens is 344 g/mol. The van der Waals surface area contributed by atoms with Crippen LogP contribution in [0.2, 0.25) is 0 Å². The number of phenols is 1. The molecule has 0 spiro atoms. The van der Waals surface area contributed by atoms with Gasteiger partial charge in [0, 0.05) is 11.1 Å². The number of hydrogen-bond donors (Lipinski definition) is 2. The first-order valence-corrected chi connectivity index (χ1v) is 9.38. The molecule has 1 unspecified atom stereocenters. The second-order valence-electron chi connectivity index (χ2n) is 7.30. The summed E-state index contributed by atoms with van der Waals surface area (Å²) in [5.41, 5.74) is 11.8. The Kier molecular flexibility index (Phi) is 4.76. The highest BCUT2D eigenvalue weighted by Gasteiger charge is 2.23. The number of nitrogen functional groups attached to an aromatic ring is 1. The van der Waals surface area contributed by atoms with E-state index in [2.05, 4.69) is 61.5 Å². The Hall–Kier alpha value is -3.30. The van der Waals surface area contributed by atoms with E-state index >= 15 is 0 Å². The standard InChI is InChI=1S/C25H24N2O/c1-27(2)25(18-8-4-3-5-9-18)22-16-23(26)20-10-6-7-11-21(20)24(22)17-12-14-19(28)15-13-17/h3-16,25,28H,26H2,1-2H3. The van der Waals surface area contributed by atoms with Gasteiger partial charge in [0.2, 0.25) is 0 Å². The lowest BCUT2D eigenvalue weighted by Crippen LogP contribution is -2.22. The van der Waals surface area contributed by atoms with Crippen LogP contribution in [0.4, 0.5) is 5.69 Å². The van der Waals surface area contributed by atoms with Crippen molar-refractivity contribution in [2.75, 3.05) is 19.8 Å². The quantitative estimate of drug-likeness (QED) is 0.471. The average Bonchev–Trinajstić information content (AvgIpc) is 2.70. The third-order valence-electron chi connectivity index (χ3n) is 5.19. The normalized spacial score (nSPS) is 12.4. The van der Waals surface area contributed by atoms with Crippen molar-refractivity contribution in [2.45, 2.75) is 6.04 Å². The Labute approximate surface area is 165 Å². The Morgan fingerprint density at radius 3 is 2.04 bits per heavy atom. The zero-order valence-corrected chi connectivity index (χ0v) is 16.1. The van der Waals surface area contributed by atoms with Gasteiger partial charge in [0.15, 0.2) is 0 Å². The summed E-state index contributed by atoms with van der Waals surface area (Å²) < 4.78 is 0. The van der Waals surface area contributed by atoms with Crippen molar-refractivity contribution in [1.29, 1.82) is 0 Å². The number of anilines is 1. The van der Waals surface area contributed by atoms with Gasteiger partial charge >= 0.3 is 0 Å². The molecule has 0 radical (unpaired) electrons. The minimum Gasteiger partial charge on any atom is -0.508 e. The third kappa shape index (κ3) is 3.21. The van der Waals surface area contributed by atoms with Gasteiger partial charge in [0.05, 0.1) is 6.04 Å². The van der Waals surface area contributed by atoms with Gasteiger partial charge in [0.25, 0.3) is 0 Å². The number of benzene rings is 4. The molecule has 1 atom stereocenters. The van der Waals surface area contributed by atoms with Crippen molar-refractivity contribution in [3.8, 4) is 16.9 Å². The van der Waals surface area contributed by atoms with Crippen LogP contribution in [0.3, 0.4) is 0 Å². The molecule has 4 aromatic carbocycles. The number of aromatic hydroxyl groups is 1. The van der Waals surface area contributed by atoms with Crippen molar-refractivity contribution in [2.24, 2.45) is 0 Å². The zero-order chi connectivity index (χ0) is 19.7. The van der Waals surface area contributed by atoms with Gasteiger partial charge in [-0.3, -0.25) is 4.90 Å². The molecule has 3 nitrogen and oxygen atoms in total. The van der Waals surface area contributed by atoms with E-state index in [1.807, 2.05) is 30.3 Å². The maximum Gasteiger partial charge on any atom is 0.115 e. The summed E-state index contributed by atoms with van der Waals surface area (Å²) in [7, 11) is 4.17. The summed E-state index contributed by atoms with van der Waals surface area (Å²) in [6.45, 7) is 0. The molecule has 0 fully saturated rings. The lowest BCUT2D eigenvalue weighted by Gasteiger charge is -2.29. The largest absolute Gasteiger partial charge is 0.508 e. The van der Waals surface area contributed by atoms with E-state index in [1.54, 1.807) is 12.1 Å². The van der Waals surface area contributed by atoms with Gasteiger partial charge in [-0.25, -0.2) is 0 Å². The molecule has 0 bridgehead atoms. The minimum absolute atomic E-state index is 0.0527. The molecule has 0 aliphatic heterocycles. The SMILES string of the molecule is CN(C)C(c1ccccc1)c1cc(N)c2ccccc2c1-c1ccc(O)cc1. The number of hydrogen-bond acceptors (Lipinski definition) is 3. The molecule has 28 heavy (non-hydrogen) atoms.